The molecule has 76 valence electrons. The summed E-state index contributed by atoms with van der Waals surface area (Å²) in [7, 11) is 0. The summed E-state index contributed by atoms with van der Waals surface area (Å²) >= 11 is 2.08. The van der Waals surface area contributed by atoms with Gasteiger partial charge in [0.2, 0.25) is 0 Å². The van der Waals surface area contributed by atoms with E-state index in [1.807, 2.05) is 6.92 Å². The molecule has 0 bridgehead atoms. The number of nitrogens with one attached hydrogen (secondary N) is 1. The molecular weight excluding hydrogens is 294 g/mol. The molecule has 14 heavy (non-hydrogen) atoms. The number of hydrogen-bond acceptors (Lipinski definition) is 2. The van der Waals surface area contributed by atoms with Gasteiger partial charge in [0.15, 0.2) is 0 Å². The Kier molecular flexibility index (Phi) is 4.03. The summed E-state index contributed by atoms with van der Waals surface area (Å²) in [6.45, 7) is 5.71. The molecule has 1 rings (SSSR count). The van der Waals surface area contributed by atoms with Crippen molar-refractivity contribution in [1.82, 2.24) is 5.43 Å². The highest BCUT2D eigenvalue weighted by Gasteiger charge is 2.13. The number of hydrazine groups is 1. The van der Waals surface area contributed by atoms with Crippen LogP contribution >= 0.6 is 22.6 Å². The van der Waals surface area contributed by atoms with Crippen LogP contribution in [-0.2, 0) is 0 Å². The molecule has 0 aromatic heterocycles. The molecule has 0 heterocycles. The van der Waals surface area contributed by atoms with E-state index in [1.54, 1.807) is 6.07 Å². The van der Waals surface area contributed by atoms with Gasteiger partial charge in [-0.2, -0.15) is 0 Å². The van der Waals surface area contributed by atoms with Crippen molar-refractivity contribution in [2.75, 3.05) is 0 Å². The molecule has 4 heteroatoms. The Labute approximate surface area is 96.5 Å². The van der Waals surface area contributed by atoms with Gasteiger partial charge in [0.25, 0.3) is 0 Å². The summed E-state index contributed by atoms with van der Waals surface area (Å²) in [6.07, 6.45) is 0. The molecule has 0 aliphatic carbocycles. The first-order valence-electron chi connectivity index (χ1n) is 4.12. The third-order valence-electron chi connectivity index (χ3n) is 1.93. The molecule has 0 saturated carbocycles. The summed E-state index contributed by atoms with van der Waals surface area (Å²) in [6, 6.07) is 4.49. The Bertz CT molecular complexity index is 352. The van der Waals surface area contributed by atoms with Crippen LogP contribution in [0.4, 0.5) is 4.39 Å². The predicted molar refractivity (Wildman–Crippen MR) is 64.0 cm³/mol. The van der Waals surface area contributed by atoms with E-state index in [-0.39, 0.29) is 11.9 Å². The van der Waals surface area contributed by atoms with E-state index in [9.17, 15) is 4.39 Å². The lowest BCUT2D eigenvalue weighted by Gasteiger charge is -2.17. The Morgan fingerprint density at radius 1 is 1.64 bits per heavy atom. The molecule has 0 amide bonds. The largest absolute Gasteiger partial charge is 0.271 e. The minimum Gasteiger partial charge on any atom is -0.271 e. The SMILES string of the molecule is C=C(C)C(NN)c1ccc(F)cc1I. The van der Waals surface area contributed by atoms with Gasteiger partial charge in [-0.25, -0.2) is 9.82 Å². The average Bonchev–Trinajstić information content (AvgIpc) is 2.09. The first-order chi connectivity index (χ1) is 6.56. The fourth-order valence-electron chi connectivity index (χ4n) is 1.23. The third kappa shape index (κ3) is 2.52. The summed E-state index contributed by atoms with van der Waals surface area (Å²) in [5.41, 5.74) is 4.50. The van der Waals surface area contributed by atoms with Crippen LogP contribution in [0.15, 0.2) is 30.4 Å². The molecule has 3 N–H and O–H groups in total. The Hall–Kier alpha value is -0.460. The zero-order valence-electron chi connectivity index (χ0n) is 7.85. The Morgan fingerprint density at radius 2 is 2.29 bits per heavy atom. The second kappa shape index (κ2) is 4.86. The van der Waals surface area contributed by atoms with Gasteiger partial charge < -0.3 is 0 Å². The molecular formula is C10H12FIN2. The smallest absolute Gasteiger partial charge is 0.124 e. The van der Waals surface area contributed by atoms with Gasteiger partial charge in [0.1, 0.15) is 5.82 Å². The van der Waals surface area contributed by atoms with Crippen LogP contribution in [0.25, 0.3) is 0 Å². The van der Waals surface area contributed by atoms with Crippen LogP contribution in [0.3, 0.4) is 0 Å². The van der Waals surface area contributed by atoms with E-state index < -0.39 is 0 Å². The number of rotatable bonds is 3. The van der Waals surface area contributed by atoms with Gasteiger partial charge in [0.05, 0.1) is 6.04 Å². The minimum absolute atomic E-state index is 0.123. The molecule has 1 aromatic carbocycles. The van der Waals surface area contributed by atoms with E-state index in [2.05, 4.69) is 34.6 Å². The van der Waals surface area contributed by atoms with Gasteiger partial charge in [-0.05, 0) is 47.2 Å². The van der Waals surface area contributed by atoms with Crippen LogP contribution in [0.1, 0.15) is 18.5 Å². The van der Waals surface area contributed by atoms with Crippen LogP contribution in [0.5, 0.6) is 0 Å². The van der Waals surface area contributed by atoms with Crippen LogP contribution in [0, 0.1) is 9.39 Å². The van der Waals surface area contributed by atoms with Crippen molar-refractivity contribution in [2.45, 2.75) is 13.0 Å². The molecule has 2 nitrogen and oxygen atoms in total. The second-order valence-electron chi connectivity index (χ2n) is 3.11. The molecule has 0 spiro atoms. The van der Waals surface area contributed by atoms with Crippen molar-refractivity contribution in [3.63, 3.8) is 0 Å². The standard InChI is InChI=1S/C10H12FIN2/c1-6(2)10(14-13)8-4-3-7(11)5-9(8)12/h3-5,10,14H,1,13H2,2H3. The lowest BCUT2D eigenvalue weighted by molar-refractivity contribution is 0.608. The third-order valence-corrected chi connectivity index (χ3v) is 2.87. The molecule has 1 unspecified atom stereocenters. The Morgan fingerprint density at radius 3 is 2.71 bits per heavy atom. The minimum atomic E-state index is -0.240. The summed E-state index contributed by atoms with van der Waals surface area (Å²) in [5, 5.41) is 0. The molecule has 0 aliphatic rings. The lowest BCUT2D eigenvalue weighted by Crippen LogP contribution is -2.29. The first kappa shape index (κ1) is 11.6. The fourth-order valence-corrected chi connectivity index (χ4v) is 2.02. The quantitative estimate of drug-likeness (QED) is 0.390. The highest BCUT2D eigenvalue weighted by atomic mass is 127. The maximum Gasteiger partial charge on any atom is 0.124 e. The fraction of sp³-hybridized carbons (Fsp3) is 0.200. The normalized spacial score (nSPS) is 12.6. The van der Waals surface area contributed by atoms with Gasteiger partial charge >= 0.3 is 0 Å². The topological polar surface area (TPSA) is 38.0 Å². The monoisotopic (exact) mass is 306 g/mol. The zero-order chi connectivity index (χ0) is 10.7. The number of hydrogen-bond donors (Lipinski definition) is 2. The van der Waals surface area contributed by atoms with E-state index >= 15 is 0 Å². The van der Waals surface area contributed by atoms with Gasteiger partial charge in [-0.15, -0.1) is 0 Å². The molecule has 1 atom stereocenters. The van der Waals surface area contributed by atoms with Crippen LogP contribution < -0.4 is 11.3 Å². The number of halogens is 2. The van der Waals surface area contributed by atoms with Crippen LogP contribution in [-0.4, -0.2) is 0 Å². The summed E-state index contributed by atoms with van der Waals surface area (Å²) < 4.78 is 13.7. The summed E-state index contributed by atoms with van der Waals surface area (Å²) in [4.78, 5) is 0. The molecule has 0 fully saturated rings. The van der Waals surface area contributed by atoms with Gasteiger partial charge in [-0.3, -0.25) is 5.84 Å². The molecule has 0 aliphatic heterocycles. The Balaban J connectivity index is 3.10. The molecule has 1 aromatic rings. The van der Waals surface area contributed by atoms with Gasteiger partial charge in [0, 0.05) is 3.57 Å². The highest BCUT2D eigenvalue weighted by Crippen LogP contribution is 2.24. The summed E-state index contributed by atoms with van der Waals surface area (Å²) in [5.74, 6) is 5.16. The highest BCUT2D eigenvalue weighted by molar-refractivity contribution is 14.1. The zero-order valence-corrected chi connectivity index (χ0v) is 10.0. The van der Waals surface area contributed by atoms with E-state index in [0.29, 0.717) is 0 Å². The van der Waals surface area contributed by atoms with E-state index in [1.165, 1.54) is 12.1 Å². The maximum atomic E-state index is 12.8. The van der Waals surface area contributed by atoms with Crippen molar-refractivity contribution in [3.8, 4) is 0 Å². The van der Waals surface area contributed by atoms with Crippen molar-refractivity contribution in [3.05, 3.63) is 45.3 Å². The van der Waals surface area contributed by atoms with E-state index in [0.717, 1.165) is 14.7 Å². The lowest BCUT2D eigenvalue weighted by atomic mass is 10.0. The molecule has 0 saturated heterocycles. The van der Waals surface area contributed by atoms with E-state index in [4.69, 9.17) is 5.84 Å². The first-order valence-corrected chi connectivity index (χ1v) is 5.20. The van der Waals surface area contributed by atoms with Crippen LogP contribution in [0.2, 0.25) is 0 Å². The van der Waals surface area contributed by atoms with Gasteiger partial charge in [-0.1, -0.05) is 18.2 Å². The van der Waals surface area contributed by atoms with Crippen molar-refractivity contribution >= 4 is 22.6 Å². The van der Waals surface area contributed by atoms with Crippen molar-refractivity contribution < 1.29 is 4.39 Å². The average molecular weight is 306 g/mol. The second-order valence-corrected chi connectivity index (χ2v) is 4.27. The molecule has 0 radical (unpaired) electrons. The number of benzene rings is 1. The maximum absolute atomic E-state index is 12.8. The van der Waals surface area contributed by atoms with Crippen molar-refractivity contribution in [1.29, 1.82) is 0 Å². The van der Waals surface area contributed by atoms with Crippen molar-refractivity contribution in [2.24, 2.45) is 5.84 Å². The predicted octanol–water partition coefficient (Wildman–Crippen LogP) is 2.51. The number of nitrogens with two attached hydrogens (primary N) is 1.